The fraction of sp³-hybridized carbons (Fsp3) is 0.227. The summed E-state index contributed by atoms with van der Waals surface area (Å²) in [5, 5.41) is 9.36. The van der Waals surface area contributed by atoms with E-state index in [1.807, 2.05) is 36.4 Å². The predicted molar refractivity (Wildman–Crippen MR) is 110 cm³/mol. The van der Waals surface area contributed by atoms with Crippen molar-refractivity contribution in [2.24, 2.45) is 5.92 Å². The van der Waals surface area contributed by atoms with Gasteiger partial charge in [-0.25, -0.2) is 4.68 Å². The highest BCUT2D eigenvalue weighted by Gasteiger charge is 2.32. The number of pyridine rings is 1. The Morgan fingerprint density at radius 1 is 1.10 bits per heavy atom. The van der Waals surface area contributed by atoms with Crippen LogP contribution in [0.25, 0.3) is 22.2 Å². The molecular formula is C22H19N5O3. The molecule has 5 rings (SSSR count). The standard InChI is InChI=1S/C22H19N5O3/c28-21-8-7-18(16-4-3-9-23-11-16)24-27(21)14-15-12-26(13-15)22(29)10-19-17-5-1-2-6-20(17)30-25-19/h1-9,11,15H,10,12-14H2. The second-order valence-electron chi connectivity index (χ2n) is 7.45. The number of likely N-dealkylation sites (tertiary alicyclic amines) is 1. The van der Waals surface area contributed by atoms with Crippen LogP contribution in [0.15, 0.2) is 70.2 Å². The van der Waals surface area contributed by atoms with Crippen LogP contribution >= 0.6 is 0 Å². The SMILES string of the molecule is O=C(Cc1noc2ccccc12)N1CC(Cn2nc(-c3cccnc3)ccc2=O)C1. The highest BCUT2D eigenvalue weighted by molar-refractivity contribution is 5.86. The first-order valence-electron chi connectivity index (χ1n) is 9.77. The van der Waals surface area contributed by atoms with Crippen LogP contribution in [0.5, 0.6) is 0 Å². The number of hydrogen-bond donors (Lipinski definition) is 0. The zero-order valence-electron chi connectivity index (χ0n) is 16.1. The zero-order chi connectivity index (χ0) is 20.5. The molecule has 0 atom stereocenters. The molecule has 0 bridgehead atoms. The normalized spacial score (nSPS) is 14.1. The largest absolute Gasteiger partial charge is 0.356 e. The Morgan fingerprint density at radius 3 is 2.80 bits per heavy atom. The number of hydrogen-bond acceptors (Lipinski definition) is 6. The highest BCUT2D eigenvalue weighted by Crippen LogP contribution is 2.22. The van der Waals surface area contributed by atoms with Gasteiger partial charge < -0.3 is 9.42 Å². The molecule has 1 aliphatic heterocycles. The van der Waals surface area contributed by atoms with Gasteiger partial charge in [0.05, 0.1) is 18.7 Å². The van der Waals surface area contributed by atoms with Gasteiger partial charge in [-0.05, 0) is 30.3 Å². The molecule has 8 heteroatoms. The third kappa shape index (κ3) is 3.47. The van der Waals surface area contributed by atoms with Gasteiger partial charge in [0, 0.05) is 48.4 Å². The second-order valence-corrected chi connectivity index (χ2v) is 7.45. The fourth-order valence-corrected chi connectivity index (χ4v) is 3.70. The van der Waals surface area contributed by atoms with E-state index < -0.39 is 0 Å². The molecule has 0 spiro atoms. The van der Waals surface area contributed by atoms with E-state index in [2.05, 4.69) is 15.2 Å². The minimum atomic E-state index is -0.151. The number of nitrogens with zero attached hydrogens (tertiary/aromatic N) is 5. The van der Waals surface area contributed by atoms with Gasteiger partial charge in [0.15, 0.2) is 5.58 Å². The van der Waals surface area contributed by atoms with Crippen LogP contribution in [0.2, 0.25) is 0 Å². The smallest absolute Gasteiger partial charge is 0.266 e. The van der Waals surface area contributed by atoms with Crippen LogP contribution in [-0.2, 0) is 17.8 Å². The van der Waals surface area contributed by atoms with Crippen molar-refractivity contribution in [3.8, 4) is 11.3 Å². The Morgan fingerprint density at radius 2 is 1.97 bits per heavy atom. The van der Waals surface area contributed by atoms with E-state index in [1.54, 1.807) is 23.4 Å². The monoisotopic (exact) mass is 401 g/mol. The van der Waals surface area contributed by atoms with E-state index in [4.69, 9.17) is 4.52 Å². The number of amides is 1. The summed E-state index contributed by atoms with van der Waals surface area (Å²) in [7, 11) is 0. The molecule has 150 valence electrons. The van der Waals surface area contributed by atoms with Crippen molar-refractivity contribution in [1.82, 2.24) is 24.8 Å². The van der Waals surface area contributed by atoms with Gasteiger partial charge in [0.1, 0.15) is 5.69 Å². The first-order valence-corrected chi connectivity index (χ1v) is 9.77. The number of benzene rings is 1. The first kappa shape index (κ1) is 18.2. The molecule has 1 aliphatic rings. The molecule has 4 heterocycles. The van der Waals surface area contributed by atoms with Crippen molar-refractivity contribution in [1.29, 1.82) is 0 Å². The summed E-state index contributed by atoms with van der Waals surface area (Å²) in [4.78, 5) is 30.7. The summed E-state index contributed by atoms with van der Waals surface area (Å²) in [6.45, 7) is 1.67. The van der Waals surface area contributed by atoms with Crippen molar-refractivity contribution in [2.45, 2.75) is 13.0 Å². The van der Waals surface area contributed by atoms with Gasteiger partial charge >= 0.3 is 0 Å². The molecule has 0 radical (unpaired) electrons. The fourth-order valence-electron chi connectivity index (χ4n) is 3.70. The van der Waals surface area contributed by atoms with E-state index in [9.17, 15) is 9.59 Å². The maximum atomic E-state index is 12.6. The number of fused-ring (bicyclic) bond motifs is 1. The number of aromatic nitrogens is 4. The van der Waals surface area contributed by atoms with Crippen molar-refractivity contribution >= 4 is 16.9 Å². The van der Waals surface area contributed by atoms with E-state index in [-0.39, 0.29) is 23.8 Å². The summed E-state index contributed by atoms with van der Waals surface area (Å²) in [6.07, 6.45) is 3.62. The van der Waals surface area contributed by atoms with Crippen molar-refractivity contribution in [2.75, 3.05) is 13.1 Å². The van der Waals surface area contributed by atoms with Gasteiger partial charge in [-0.1, -0.05) is 17.3 Å². The average Bonchev–Trinajstić information content (AvgIpc) is 3.15. The number of carbonyl (C=O) groups excluding carboxylic acids is 1. The predicted octanol–water partition coefficient (Wildman–Crippen LogP) is 2.15. The third-order valence-corrected chi connectivity index (χ3v) is 5.34. The van der Waals surface area contributed by atoms with Crippen LogP contribution in [0.4, 0.5) is 0 Å². The molecular weight excluding hydrogens is 382 g/mol. The summed E-state index contributed by atoms with van der Waals surface area (Å²) >= 11 is 0. The van der Waals surface area contributed by atoms with E-state index in [0.29, 0.717) is 36.6 Å². The number of rotatable bonds is 5. The Balaban J connectivity index is 1.22. The van der Waals surface area contributed by atoms with Crippen molar-refractivity contribution < 1.29 is 9.32 Å². The summed E-state index contributed by atoms with van der Waals surface area (Å²) < 4.78 is 6.74. The molecule has 30 heavy (non-hydrogen) atoms. The van der Waals surface area contributed by atoms with Gasteiger partial charge in [0.25, 0.3) is 5.56 Å². The Bertz CT molecular complexity index is 1260. The quantitative estimate of drug-likeness (QED) is 0.509. The lowest BCUT2D eigenvalue weighted by Crippen LogP contribution is -2.52. The number of carbonyl (C=O) groups is 1. The highest BCUT2D eigenvalue weighted by atomic mass is 16.5. The zero-order valence-corrected chi connectivity index (χ0v) is 16.1. The van der Waals surface area contributed by atoms with E-state index >= 15 is 0 Å². The molecule has 0 saturated carbocycles. The molecule has 3 aromatic heterocycles. The Hall–Kier alpha value is -3.81. The molecule has 1 fully saturated rings. The van der Waals surface area contributed by atoms with Crippen LogP contribution < -0.4 is 5.56 Å². The Labute approximate surface area is 171 Å². The molecule has 8 nitrogen and oxygen atoms in total. The van der Waals surface area contributed by atoms with E-state index in [0.717, 1.165) is 10.9 Å². The maximum Gasteiger partial charge on any atom is 0.266 e. The minimum absolute atomic E-state index is 0.00900. The van der Waals surface area contributed by atoms with Crippen molar-refractivity contribution in [3.05, 3.63) is 77.0 Å². The van der Waals surface area contributed by atoms with Crippen LogP contribution in [0.3, 0.4) is 0 Å². The second kappa shape index (κ2) is 7.55. The van der Waals surface area contributed by atoms with Gasteiger partial charge in [-0.2, -0.15) is 5.10 Å². The summed E-state index contributed by atoms with van der Waals surface area (Å²) in [5.74, 6) is 0.201. The van der Waals surface area contributed by atoms with Crippen molar-refractivity contribution in [3.63, 3.8) is 0 Å². The molecule has 0 N–H and O–H groups in total. The van der Waals surface area contributed by atoms with Crippen LogP contribution in [0.1, 0.15) is 5.69 Å². The first-order chi connectivity index (χ1) is 14.7. The lowest BCUT2D eigenvalue weighted by molar-refractivity contribution is -0.137. The molecule has 0 unspecified atom stereocenters. The maximum absolute atomic E-state index is 12.6. The average molecular weight is 401 g/mol. The Kier molecular flexibility index (Phi) is 4.59. The molecule has 4 aromatic rings. The van der Waals surface area contributed by atoms with Gasteiger partial charge in [0.2, 0.25) is 5.91 Å². The number of para-hydroxylation sites is 1. The van der Waals surface area contributed by atoms with E-state index in [1.165, 1.54) is 10.7 Å². The minimum Gasteiger partial charge on any atom is -0.356 e. The lowest BCUT2D eigenvalue weighted by Gasteiger charge is -2.39. The topological polar surface area (TPSA) is 94.1 Å². The summed E-state index contributed by atoms with van der Waals surface area (Å²) in [5.41, 5.74) is 2.74. The van der Waals surface area contributed by atoms with Crippen LogP contribution in [-0.4, -0.2) is 43.8 Å². The lowest BCUT2D eigenvalue weighted by atomic mass is 9.99. The molecule has 0 aliphatic carbocycles. The molecule has 1 saturated heterocycles. The molecule has 1 aromatic carbocycles. The van der Waals surface area contributed by atoms with Gasteiger partial charge in [-0.15, -0.1) is 0 Å². The summed E-state index contributed by atoms with van der Waals surface area (Å²) in [6, 6.07) is 14.5. The molecule has 1 amide bonds. The van der Waals surface area contributed by atoms with Crippen LogP contribution in [0, 0.1) is 5.92 Å². The van der Waals surface area contributed by atoms with Gasteiger partial charge in [-0.3, -0.25) is 14.6 Å². The third-order valence-electron chi connectivity index (χ3n) is 5.34.